The van der Waals surface area contributed by atoms with E-state index in [9.17, 15) is 9.18 Å². The van der Waals surface area contributed by atoms with Crippen LogP contribution >= 0.6 is 0 Å². The number of rotatable bonds is 4. The highest BCUT2D eigenvalue weighted by Gasteiger charge is 2.15. The predicted octanol–water partition coefficient (Wildman–Crippen LogP) is 2.15. The Morgan fingerprint density at radius 3 is 2.64 bits per heavy atom. The maximum absolute atomic E-state index is 12.8. The van der Waals surface area contributed by atoms with Gasteiger partial charge in [0.25, 0.3) is 5.91 Å². The van der Waals surface area contributed by atoms with Crippen LogP contribution in [0, 0.1) is 5.82 Å². The van der Waals surface area contributed by atoms with Crippen LogP contribution in [0.1, 0.15) is 28.9 Å². The highest BCUT2D eigenvalue weighted by atomic mass is 19.1. The predicted molar refractivity (Wildman–Crippen MR) is 81.0 cm³/mol. The molecule has 1 aromatic carbocycles. The zero-order valence-electron chi connectivity index (χ0n) is 12.1. The van der Waals surface area contributed by atoms with Gasteiger partial charge >= 0.3 is 0 Å². The van der Waals surface area contributed by atoms with Crippen molar-refractivity contribution in [1.29, 1.82) is 0 Å². The van der Waals surface area contributed by atoms with Crippen molar-refractivity contribution in [1.82, 2.24) is 15.3 Å². The fraction of sp³-hybridized carbons (Fsp3) is 0.312. The first-order valence-electron chi connectivity index (χ1n) is 7.33. The van der Waals surface area contributed by atoms with Gasteiger partial charge < -0.3 is 10.2 Å². The van der Waals surface area contributed by atoms with Gasteiger partial charge in [-0.1, -0.05) is 0 Å². The Labute approximate surface area is 128 Å². The van der Waals surface area contributed by atoms with Crippen molar-refractivity contribution in [2.75, 3.05) is 18.0 Å². The number of halogens is 1. The lowest BCUT2D eigenvalue weighted by atomic mass is 10.2. The molecule has 22 heavy (non-hydrogen) atoms. The number of amides is 1. The summed E-state index contributed by atoms with van der Waals surface area (Å²) in [4.78, 5) is 22.9. The molecule has 0 bridgehead atoms. The monoisotopic (exact) mass is 300 g/mol. The molecule has 0 atom stereocenters. The van der Waals surface area contributed by atoms with Crippen LogP contribution in [0.25, 0.3) is 0 Å². The molecular formula is C16H17FN4O. The average molecular weight is 300 g/mol. The van der Waals surface area contributed by atoms with Crippen LogP contribution in [-0.4, -0.2) is 29.0 Å². The zero-order chi connectivity index (χ0) is 15.4. The van der Waals surface area contributed by atoms with Gasteiger partial charge in [0.15, 0.2) is 0 Å². The van der Waals surface area contributed by atoms with E-state index < -0.39 is 0 Å². The van der Waals surface area contributed by atoms with Crippen LogP contribution in [0.5, 0.6) is 0 Å². The van der Waals surface area contributed by atoms with Crippen molar-refractivity contribution in [3.8, 4) is 0 Å². The highest BCUT2D eigenvalue weighted by Crippen LogP contribution is 2.15. The Morgan fingerprint density at radius 2 is 1.91 bits per heavy atom. The van der Waals surface area contributed by atoms with Crippen LogP contribution in [0.2, 0.25) is 0 Å². The Kier molecular flexibility index (Phi) is 4.27. The molecule has 2 heterocycles. The first-order chi connectivity index (χ1) is 10.7. The summed E-state index contributed by atoms with van der Waals surface area (Å²) in [5, 5.41) is 2.78. The number of carbonyl (C=O) groups excluding carboxylic acids is 1. The van der Waals surface area contributed by atoms with E-state index >= 15 is 0 Å². The van der Waals surface area contributed by atoms with Gasteiger partial charge in [0, 0.05) is 24.8 Å². The molecule has 1 aliphatic rings. The number of anilines is 1. The lowest BCUT2D eigenvalue weighted by molar-refractivity contribution is 0.0950. The van der Waals surface area contributed by atoms with Crippen LogP contribution in [0.3, 0.4) is 0 Å². The summed E-state index contributed by atoms with van der Waals surface area (Å²) in [6, 6.07) is 7.24. The standard InChI is InChI=1S/C16H17FN4O/c17-13-5-3-12(4-6-13)15(22)19-11-14-7-8-18-16(20-14)21-9-1-2-10-21/h3-8H,1-2,9-11H2,(H,19,22). The number of aromatic nitrogens is 2. The van der Waals surface area contributed by atoms with E-state index in [4.69, 9.17) is 0 Å². The lowest BCUT2D eigenvalue weighted by Crippen LogP contribution is -2.25. The topological polar surface area (TPSA) is 58.1 Å². The molecule has 0 radical (unpaired) electrons. The third kappa shape index (κ3) is 3.39. The molecule has 2 aromatic rings. The van der Waals surface area contributed by atoms with E-state index in [1.807, 2.05) is 0 Å². The number of carbonyl (C=O) groups is 1. The van der Waals surface area contributed by atoms with Crippen molar-refractivity contribution in [2.24, 2.45) is 0 Å². The van der Waals surface area contributed by atoms with Gasteiger partial charge in [0.05, 0.1) is 12.2 Å². The van der Waals surface area contributed by atoms with Crippen molar-refractivity contribution < 1.29 is 9.18 Å². The first-order valence-corrected chi connectivity index (χ1v) is 7.33. The van der Waals surface area contributed by atoms with E-state index in [-0.39, 0.29) is 11.7 Å². The Bertz CT molecular complexity index is 653. The minimum atomic E-state index is -0.359. The molecular weight excluding hydrogens is 283 g/mol. The summed E-state index contributed by atoms with van der Waals surface area (Å²) in [7, 11) is 0. The Balaban J connectivity index is 1.62. The molecule has 0 saturated carbocycles. The Morgan fingerprint density at radius 1 is 1.18 bits per heavy atom. The van der Waals surface area contributed by atoms with E-state index in [2.05, 4.69) is 20.2 Å². The van der Waals surface area contributed by atoms with Gasteiger partial charge in [-0.25, -0.2) is 14.4 Å². The largest absolute Gasteiger partial charge is 0.346 e. The molecule has 1 aromatic heterocycles. The second-order valence-electron chi connectivity index (χ2n) is 5.23. The lowest BCUT2D eigenvalue weighted by Gasteiger charge is -2.15. The molecule has 1 N–H and O–H groups in total. The van der Waals surface area contributed by atoms with Gasteiger partial charge in [-0.05, 0) is 43.2 Å². The van der Waals surface area contributed by atoms with Gasteiger partial charge in [-0.2, -0.15) is 0 Å². The molecule has 1 aliphatic heterocycles. The first kappa shape index (κ1) is 14.4. The maximum atomic E-state index is 12.8. The number of benzene rings is 1. The van der Waals surface area contributed by atoms with Gasteiger partial charge in [0.1, 0.15) is 5.82 Å². The molecule has 6 heteroatoms. The summed E-state index contributed by atoms with van der Waals surface area (Å²) in [6.07, 6.45) is 4.03. The second kappa shape index (κ2) is 6.51. The summed E-state index contributed by atoms with van der Waals surface area (Å²) in [6.45, 7) is 2.27. The molecule has 0 unspecified atom stereocenters. The minimum absolute atomic E-state index is 0.249. The zero-order valence-corrected chi connectivity index (χ0v) is 12.1. The summed E-state index contributed by atoms with van der Waals surface area (Å²) < 4.78 is 12.8. The molecule has 0 aliphatic carbocycles. The number of hydrogen-bond donors (Lipinski definition) is 1. The third-order valence-corrected chi connectivity index (χ3v) is 3.63. The quantitative estimate of drug-likeness (QED) is 0.940. The number of hydrogen-bond acceptors (Lipinski definition) is 4. The maximum Gasteiger partial charge on any atom is 0.251 e. The van der Waals surface area contributed by atoms with Gasteiger partial charge in [-0.3, -0.25) is 4.79 Å². The molecule has 5 nitrogen and oxygen atoms in total. The van der Waals surface area contributed by atoms with Gasteiger partial charge in [-0.15, -0.1) is 0 Å². The highest BCUT2D eigenvalue weighted by molar-refractivity contribution is 5.94. The minimum Gasteiger partial charge on any atom is -0.346 e. The van der Waals surface area contributed by atoms with Crippen molar-refractivity contribution >= 4 is 11.9 Å². The van der Waals surface area contributed by atoms with Crippen molar-refractivity contribution in [3.63, 3.8) is 0 Å². The number of nitrogens with one attached hydrogen (secondary N) is 1. The van der Waals surface area contributed by atoms with Crippen molar-refractivity contribution in [2.45, 2.75) is 19.4 Å². The summed E-state index contributed by atoms with van der Waals surface area (Å²) >= 11 is 0. The molecule has 114 valence electrons. The van der Waals surface area contributed by atoms with Crippen LogP contribution in [0.4, 0.5) is 10.3 Å². The second-order valence-corrected chi connectivity index (χ2v) is 5.23. The van der Waals surface area contributed by atoms with Crippen LogP contribution in [-0.2, 0) is 6.54 Å². The van der Waals surface area contributed by atoms with E-state index in [0.29, 0.717) is 18.1 Å². The fourth-order valence-corrected chi connectivity index (χ4v) is 2.43. The molecule has 1 fully saturated rings. The fourth-order valence-electron chi connectivity index (χ4n) is 2.43. The van der Waals surface area contributed by atoms with E-state index in [0.717, 1.165) is 31.6 Å². The summed E-state index contributed by atoms with van der Waals surface area (Å²) in [5.74, 6) is 0.106. The van der Waals surface area contributed by atoms with Crippen LogP contribution < -0.4 is 10.2 Å². The van der Waals surface area contributed by atoms with E-state index in [1.54, 1.807) is 12.3 Å². The molecule has 1 saturated heterocycles. The SMILES string of the molecule is O=C(NCc1ccnc(N2CCCC2)n1)c1ccc(F)cc1. The van der Waals surface area contributed by atoms with Gasteiger partial charge in [0.2, 0.25) is 5.95 Å². The van der Waals surface area contributed by atoms with Crippen LogP contribution in [0.15, 0.2) is 36.5 Å². The van der Waals surface area contributed by atoms with E-state index in [1.165, 1.54) is 24.3 Å². The van der Waals surface area contributed by atoms with Crippen molar-refractivity contribution in [3.05, 3.63) is 53.6 Å². The molecule has 3 rings (SSSR count). The smallest absolute Gasteiger partial charge is 0.251 e. The third-order valence-electron chi connectivity index (χ3n) is 3.63. The molecule has 1 amide bonds. The Hall–Kier alpha value is -2.50. The average Bonchev–Trinajstić information content (AvgIpc) is 3.08. The summed E-state index contributed by atoms with van der Waals surface area (Å²) in [5.41, 5.74) is 1.18. The number of nitrogens with zero attached hydrogens (tertiary/aromatic N) is 3. The molecule has 0 spiro atoms. The normalized spacial score (nSPS) is 14.1.